The number of hydrogen-bond donors (Lipinski definition) is 0. The summed E-state index contributed by atoms with van der Waals surface area (Å²) >= 11 is 3.34. The van der Waals surface area contributed by atoms with Gasteiger partial charge in [-0.3, -0.25) is 4.68 Å². The number of carbonyl (C=O) groups is 1. The molecule has 2 rings (SSSR count). The molecule has 2 aromatic rings. The van der Waals surface area contributed by atoms with Crippen LogP contribution >= 0.6 is 15.9 Å². The van der Waals surface area contributed by atoms with Crippen LogP contribution in [0.3, 0.4) is 0 Å². The van der Waals surface area contributed by atoms with Gasteiger partial charge in [0.15, 0.2) is 5.69 Å². The first-order chi connectivity index (χ1) is 10.5. The minimum Gasteiger partial charge on any atom is -0.461 e. The maximum Gasteiger partial charge on any atom is 0.359 e. The van der Waals surface area contributed by atoms with E-state index in [4.69, 9.17) is 4.74 Å². The molecular formula is C15H15BrF2N2O2. The Hall–Kier alpha value is -1.76. The highest BCUT2D eigenvalue weighted by Crippen LogP contribution is 2.24. The molecule has 0 aliphatic heterocycles. The Morgan fingerprint density at radius 3 is 2.45 bits per heavy atom. The molecule has 1 aromatic heterocycles. The molecule has 0 spiro atoms. The second-order valence-corrected chi connectivity index (χ2v) is 5.30. The van der Waals surface area contributed by atoms with Gasteiger partial charge in [0.25, 0.3) is 0 Å². The standard InChI is InChI=1S/C15H15BrF2N2O2/c1-3-9-13(15(21)22-4-2)19-20(14(9)16)8-10-11(17)6-5-7-12(10)18/h5-7H,3-4,8H2,1-2H3. The number of benzene rings is 1. The normalized spacial score (nSPS) is 10.8. The largest absolute Gasteiger partial charge is 0.461 e. The molecule has 118 valence electrons. The maximum atomic E-state index is 13.7. The van der Waals surface area contributed by atoms with Crippen LogP contribution in [0, 0.1) is 11.6 Å². The summed E-state index contributed by atoms with van der Waals surface area (Å²) in [5.74, 6) is -1.86. The van der Waals surface area contributed by atoms with Crippen LogP contribution in [-0.4, -0.2) is 22.4 Å². The highest BCUT2D eigenvalue weighted by Gasteiger charge is 2.22. The number of aromatic nitrogens is 2. The van der Waals surface area contributed by atoms with Gasteiger partial charge in [0.05, 0.1) is 13.2 Å². The van der Waals surface area contributed by atoms with Gasteiger partial charge in [-0.05, 0) is 41.4 Å². The molecule has 4 nitrogen and oxygen atoms in total. The lowest BCUT2D eigenvalue weighted by Crippen LogP contribution is -2.10. The third kappa shape index (κ3) is 3.19. The molecule has 7 heteroatoms. The van der Waals surface area contributed by atoms with Gasteiger partial charge in [-0.1, -0.05) is 13.0 Å². The molecule has 0 saturated heterocycles. The van der Waals surface area contributed by atoms with Crippen LogP contribution in [0.2, 0.25) is 0 Å². The molecule has 0 N–H and O–H groups in total. The Labute approximate surface area is 135 Å². The fraction of sp³-hybridized carbons (Fsp3) is 0.333. The zero-order valence-corrected chi connectivity index (χ0v) is 13.8. The summed E-state index contributed by atoms with van der Waals surface area (Å²) in [6, 6.07) is 3.67. The Balaban J connectivity index is 2.42. The number of halogens is 3. The number of carbonyl (C=O) groups excluding carboxylic acids is 1. The molecule has 0 fully saturated rings. The molecule has 1 aromatic carbocycles. The van der Waals surface area contributed by atoms with E-state index in [9.17, 15) is 13.6 Å². The summed E-state index contributed by atoms with van der Waals surface area (Å²) in [4.78, 5) is 11.9. The lowest BCUT2D eigenvalue weighted by molar-refractivity contribution is 0.0517. The first-order valence-electron chi connectivity index (χ1n) is 6.84. The summed E-state index contributed by atoms with van der Waals surface area (Å²) in [7, 11) is 0. The predicted octanol–water partition coefficient (Wildman–Crippen LogP) is 3.71. The fourth-order valence-electron chi connectivity index (χ4n) is 2.09. The lowest BCUT2D eigenvalue weighted by Gasteiger charge is -2.06. The SMILES string of the molecule is CCOC(=O)c1nn(Cc2c(F)cccc2F)c(Br)c1CC. The monoisotopic (exact) mass is 372 g/mol. The third-order valence-corrected chi connectivity index (χ3v) is 4.06. The number of ether oxygens (including phenoxy) is 1. The van der Waals surface area contributed by atoms with Crippen molar-refractivity contribution >= 4 is 21.9 Å². The van der Waals surface area contributed by atoms with E-state index in [0.717, 1.165) is 0 Å². The second kappa shape index (κ2) is 7.00. The van der Waals surface area contributed by atoms with Crippen LogP contribution in [0.15, 0.2) is 22.8 Å². The summed E-state index contributed by atoms with van der Waals surface area (Å²) < 4.78 is 34.3. The van der Waals surface area contributed by atoms with Crippen molar-refractivity contribution in [3.63, 3.8) is 0 Å². The number of esters is 1. The lowest BCUT2D eigenvalue weighted by atomic mass is 10.2. The van der Waals surface area contributed by atoms with Gasteiger partial charge in [-0.2, -0.15) is 5.10 Å². The van der Waals surface area contributed by atoms with Crippen LogP contribution in [0.25, 0.3) is 0 Å². The van der Waals surface area contributed by atoms with Crippen LogP contribution in [0.5, 0.6) is 0 Å². The van der Waals surface area contributed by atoms with Crippen LogP contribution < -0.4 is 0 Å². The highest BCUT2D eigenvalue weighted by molar-refractivity contribution is 9.10. The van der Waals surface area contributed by atoms with Gasteiger partial charge in [0.2, 0.25) is 0 Å². The van der Waals surface area contributed by atoms with Gasteiger partial charge < -0.3 is 4.74 Å². The average Bonchev–Trinajstić information content (AvgIpc) is 2.79. The smallest absolute Gasteiger partial charge is 0.359 e. The van der Waals surface area contributed by atoms with Crippen LogP contribution in [-0.2, 0) is 17.7 Å². The number of rotatable bonds is 5. The van der Waals surface area contributed by atoms with E-state index in [1.54, 1.807) is 6.92 Å². The number of nitrogens with zero attached hydrogens (tertiary/aromatic N) is 2. The van der Waals surface area contributed by atoms with E-state index in [-0.39, 0.29) is 24.4 Å². The van der Waals surface area contributed by atoms with Gasteiger partial charge in [-0.15, -0.1) is 0 Å². The third-order valence-electron chi connectivity index (χ3n) is 3.17. The van der Waals surface area contributed by atoms with Gasteiger partial charge >= 0.3 is 5.97 Å². The second-order valence-electron chi connectivity index (χ2n) is 4.55. The Bertz CT molecular complexity index is 681. The van der Waals surface area contributed by atoms with E-state index in [2.05, 4.69) is 21.0 Å². The van der Waals surface area contributed by atoms with E-state index in [1.807, 2.05) is 6.92 Å². The summed E-state index contributed by atoms with van der Waals surface area (Å²) in [6.45, 7) is 3.67. The zero-order chi connectivity index (χ0) is 16.3. The first-order valence-corrected chi connectivity index (χ1v) is 7.64. The topological polar surface area (TPSA) is 44.1 Å². The van der Waals surface area contributed by atoms with Gasteiger partial charge in [0, 0.05) is 11.1 Å². The van der Waals surface area contributed by atoms with Crippen molar-refractivity contribution in [2.75, 3.05) is 6.61 Å². The minimum atomic E-state index is -0.655. The van der Waals surface area contributed by atoms with Gasteiger partial charge in [0.1, 0.15) is 16.2 Å². The number of hydrogen-bond acceptors (Lipinski definition) is 3. The molecule has 1 heterocycles. The molecule has 0 radical (unpaired) electrons. The Kier molecular flexibility index (Phi) is 5.28. The summed E-state index contributed by atoms with van der Waals surface area (Å²) in [6.07, 6.45) is 0.536. The van der Waals surface area contributed by atoms with E-state index in [1.165, 1.54) is 22.9 Å². The van der Waals surface area contributed by atoms with Crippen molar-refractivity contribution < 1.29 is 18.3 Å². The maximum absolute atomic E-state index is 13.7. The Morgan fingerprint density at radius 1 is 1.27 bits per heavy atom. The van der Waals surface area contributed by atoms with Crippen molar-refractivity contribution in [3.05, 3.63) is 51.3 Å². The molecule has 0 saturated carbocycles. The van der Waals surface area contributed by atoms with Crippen molar-refractivity contribution in [1.29, 1.82) is 0 Å². The van der Waals surface area contributed by atoms with Crippen molar-refractivity contribution in [3.8, 4) is 0 Å². The minimum absolute atomic E-state index is 0.108. The van der Waals surface area contributed by atoms with E-state index in [0.29, 0.717) is 16.6 Å². The molecule has 0 amide bonds. The van der Waals surface area contributed by atoms with Gasteiger partial charge in [-0.25, -0.2) is 13.6 Å². The zero-order valence-electron chi connectivity index (χ0n) is 12.2. The van der Waals surface area contributed by atoms with Crippen molar-refractivity contribution in [2.24, 2.45) is 0 Å². The van der Waals surface area contributed by atoms with Crippen LogP contribution in [0.4, 0.5) is 8.78 Å². The highest BCUT2D eigenvalue weighted by atomic mass is 79.9. The molecule has 0 bridgehead atoms. The molecule has 0 aliphatic carbocycles. The molecular weight excluding hydrogens is 358 g/mol. The Morgan fingerprint density at radius 2 is 1.91 bits per heavy atom. The average molecular weight is 373 g/mol. The molecule has 0 aliphatic rings. The van der Waals surface area contributed by atoms with Crippen molar-refractivity contribution in [1.82, 2.24) is 9.78 Å². The van der Waals surface area contributed by atoms with E-state index >= 15 is 0 Å². The molecule has 0 unspecified atom stereocenters. The van der Waals surface area contributed by atoms with E-state index < -0.39 is 17.6 Å². The summed E-state index contributed by atoms with van der Waals surface area (Å²) in [5, 5.41) is 4.14. The predicted molar refractivity (Wildman–Crippen MR) is 80.7 cm³/mol. The quantitative estimate of drug-likeness (QED) is 0.751. The van der Waals surface area contributed by atoms with Crippen molar-refractivity contribution in [2.45, 2.75) is 26.8 Å². The van der Waals surface area contributed by atoms with Crippen LogP contribution in [0.1, 0.15) is 35.5 Å². The first kappa shape index (κ1) is 16.6. The fourth-order valence-corrected chi connectivity index (χ4v) is 2.77. The molecule has 0 atom stereocenters. The summed E-state index contributed by atoms with van der Waals surface area (Å²) in [5.41, 5.74) is 0.701. The molecule has 22 heavy (non-hydrogen) atoms.